The molecule has 0 spiro atoms. The highest BCUT2D eigenvalue weighted by atomic mass is 35.5. The lowest BCUT2D eigenvalue weighted by Gasteiger charge is -2.33. The van der Waals surface area contributed by atoms with Gasteiger partial charge in [0, 0.05) is 12.0 Å². The molecule has 102 valence electrons. The van der Waals surface area contributed by atoms with Crippen LogP contribution in [0, 0.1) is 11.8 Å². The van der Waals surface area contributed by atoms with Crippen molar-refractivity contribution in [3.8, 4) is 11.8 Å². The van der Waals surface area contributed by atoms with E-state index < -0.39 is 11.6 Å². The first-order valence-corrected chi connectivity index (χ1v) is 6.32. The number of hydrogen-bond acceptors (Lipinski definition) is 2. The van der Waals surface area contributed by atoms with E-state index in [0.717, 1.165) is 0 Å². The zero-order valence-corrected chi connectivity index (χ0v) is 12.2. The van der Waals surface area contributed by atoms with Gasteiger partial charge in [-0.3, -0.25) is 4.90 Å². The van der Waals surface area contributed by atoms with E-state index in [2.05, 4.69) is 16.8 Å². The highest BCUT2D eigenvalue weighted by Crippen LogP contribution is 2.28. The Bertz CT molecular complexity index is 539. The van der Waals surface area contributed by atoms with Gasteiger partial charge in [-0.25, -0.2) is 9.78 Å². The summed E-state index contributed by atoms with van der Waals surface area (Å²) in [6.45, 7) is 7.36. The number of anilines is 1. The van der Waals surface area contributed by atoms with Crippen molar-refractivity contribution >= 4 is 23.4 Å². The second kappa shape index (κ2) is 5.94. The van der Waals surface area contributed by atoms with Gasteiger partial charge >= 0.3 is 6.09 Å². The summed E-state index contributed by atoms with van der Waals surface area (Å²) in [5, 5.41) is 9.69. The summed E-state index contributed by atoms with van der Waals surface area (Å²) >= 11 is 5.85. The Morgan fingerprint density at radius 1 is 1.53 bits per heavy atom. The van der Waals surface area contributed by atoms with E-state index >= 15 is 0 Å². The van der Waals surface area contributed by atoms with Gasteiger partial charge in [-0.2, -0.15) is 0 Å². The normalized spacial score (nSPS) is 10.6. The highest BCUT2D eigenvalue weighted by molar-refractivity contribution is 6.29. The molecule has 0 bridgehead atoms. The number of carboxylic acid groups (broad SMARTS) is 1. The maximum absolute atomic E-state index is 11.5. The Morgan fingerprint density at radius 2 is 2.16 bits per heavy atom. The van der Waals surface area contributed by atoms with Gasteiger partial charge in [-0.15, -0.1) is 0 Å². The first-order chi connectivity index (χ1) is 8.77. The van der Waals surface area contributed by atoms with Gasteiger partial charge in [-0.05, 0) is 26.8 Å². The van der Waals surface area contributed by atoms with Gasteiger partial charge in [0.2, 0.25) is 0 Å². The predicted octanol–water partition coefficient (Wildman–Crippen LogP) is 3.78. The van der Waals surface area contributed by atoms with Crippen LogP contribution in [-0.2, 0) is 0 Å². The van der Waals surface area contributed by atoms with Crippen molar-refractivity contribution in [3.63, 3.8) is 0 Å². The van der Waals surface area contributed by atoms with Crippen molar-refractivity contribution in [3.05, 3.63) is 23.0 Å². The molecule has 0 unspecified atom stereocenters. The molecule has 4 nitrogen and oxygen atoms in total. The molecule has 0 aromatic carbocycles. The molecule has 1 rings (SSSR count). The van der Waals surface area contributed by atoms with Crippen molar-refractivity contribution in [2.45, 2.75) is 39.7 Å². The van der Waals surface area contributed by atoms with Gasteiger partial charge in [0.15, 0.2) is 0 Å². The van der Waals surface area contributed by atoms with Gasteiger partial charge in [-0.1, -0.05) is 30.4 Å². The van der Waals surface area contributed by atoms with Crippen molar-refractivity contribution < 1.29 is 9.90 Å². The fourth-order valence-electron chi connectivity index (χ4n) is 1.64. The lowest BCUT2D eigenvalue weighted by molar-refractivity contribution is 0.195. The van der Waals surface area contributed by atoms with Crippen LogP contribution in [0.5, 0.6) is 0 Å². The average molecular weight is 281 g/mol. The molecule has 0 aliphatic rings. The Hall–Kier alpha value is -1.73. The zero-order valence-electron chi connectivity index (χ0n) is 11.5. The van der Waals surface area contributed by atoms with Gasteiger partial charge in [0.25, 0.3) is 0 Å². The van der Waals surface area contributed by atoms with Gasteiger partial charge in [0.1, 0.15) is 5.15 Å². The number of pyridine rings is 1. The molecule has 1 aromatic heterocycles. The van der Waals surface area contributed by atoms with Crippen LogP contribution in [0.25, 0.3) is 0 Å². The SMILES string of the molecule is CCC#Cc1cc(Cl)ncc1N(C(=O)O)C(C)(C)C. The average Bonchev–Trinajstić information content (AvgIpc) is 2.27. The summed E-state index contributed by atoms with van der Waals surface area (Å²) in [5.74, 6) is 5.85. The standard InChI is InChI=1S/C14H17ClN2O2/c1-5-6-7-10-8-12(15)16-9-11(10)17(13(18)19)14(2,3)4/h8-9H,5H2,1-4H3,(H,18,19). The lowest BCUT2D eigenvalue weighted by Crippen LogP contribution is -2.45. The van der Waals surface area contributed by atoms with Crippen LogP contribution in [0.4, 0.5) is 10.5 Å². The van der Waals surface area contributed by atoms with Crippen molar-refractivity contribution in [2.24, 2.45) is 0 Å². The van der Waals surface area contributed by atoms with Gasteiger partial charge in [0.05, 0.1) is 17.4 Å². The van der Waals surface area contributed by atoms with Crippen molar-refractivity contribution in [1.82, 2.24) is 4.98 Å². The minimum atomic E-state index is -1.05. The van der Waals surface area contributed by atoms with Crippen LogP contribution in [0.3, 0.4) is 0 Å². The number of aromatic nitrogens is 1. The third-order valence-electron chi connectivity index (χ3n) is 2.35. The van der Waals surface area contributed by atoms with Gasteiger partial charge < -0.3 is 5.11 Å². The molecule has 0 aliphatic carbocycles. The molecule has 0 aliphatic heterocycles. The number of rotatable bonds is 1. The van der Waals surface area contributed by atoms with E-state index in [1.54, 1.807) is 6.07 Å². The smallest absolute Gasteiger partial charge is 0.412 e. The summed E-state index contributed by atoms with van der Waals surface area (Å²) in [7, 11) is 0. The largest absolute Gasteiger partial charge is 0.465 e. The molecule has 0 radical (unpaired) electrons. The molecule has 1 heterocycles. The molecule has 1 amide bonds. The Kier molecular flexibility index (Phi) is 4.79. The molecular weight excluding hydrogens is 264 g/mol. The molecule has 5 heteroatoms. The fraction of sp³-hybridized carbons (Fsp3) is 0.429. The van der Waals surface area contributed by atoms with Crippen LogP contribution in [0.15, 0.2) is 12.3 Å². The summed E-state index contributed by atoms with van der Waals surface area (Å²) in [6, 6.07) is 1.58. The molecule has 0 saturated carbocycles. The van der Waals surface area contributed by atoms with E-state index in [-0.39, 0.29) is 0 Å². The molecule has 1 aromatic rings. The summed E-state index contributed by atoms with van der Waals surface area (Å²) in [5.41, 5.74) is 0.425. The van der Waals surface area contributed by atoms with E-state index in [1.807, 2.05) is 27.7 Å². The maximum atomic E-state index is 11.5. The fourth-order valence-corrected chi connectivity index (χ4v) is 1.79. The number of hydrogen-bond donors (Lipinski definition) is 1. The van der Waals surface area contributed by atoms with E-state index in [4.69, 9.17) is 11.6 Å². The van der Waals surface area contributed by atoms with Crippen molar-refractivity contribution in [1.29, 1.82) is 0 Å². The quantitative estimate of drug-likeness (QED) is 0.629. The molecule has 1 N–H and O–H groups in total. The van der Waals surface area contributed by atoms with Crippen LogP contribution in [-0.4, -0.2) is 21.7 Å². The van der Waals surface area contributed by atoms with Crippen LogP contribution < -0.4 is 4.90 Å². The van der Waals surface area contributed by atoms with Crippen LogP contribution in [0.2, 0.25) is 5.15 Å². The molecular formula is C14H17ClN2O2. The maximum Gasteiger partial charge on any atom is 0.412 e. The molecule has 0 fully saturated rings. The van der Waals surface area contributed by atoms with Crippen LogP contribution in [0.1, 0.15) is 39.7 Å². The monoisotopic (exact) mass is 280 g/mol. The van der Waals surface area contributed by atoms with E-state index in [9.17, 15) is 9.90 Å². The Morgan fingerprint density at radius 3 is 2.63 bits per heavy atom. The first-order valence-electron chi connectivity index (χ1n) is 5.95. The Balaban J connectivity index is 3.42. The minimum Gasteiger partial charge on any atom is -0.465 e. The second-order valence-corrected chi connectivity index (χ2v) is 5.36. The third kappa shape index (κ3) is 3.87. The number of carbonyl (C=O) groups is 1. The summed E-state index contributed by atoms with van der Waals surface area (Å²) in [4.78, 5) is 16.7. The molecule has 19 heavy (non-hydrogen) atoms. The molecule has 0 saturated heterocycles. The highest BCUT2D eigenvalue weighted by Gasteiger charge is 2.29. The van der Waals surface area contributed by atoms with E-state index in [1.165, 1.54) is 11.1 Å². The summed E-state index contributed by atoms with van der Waals surface area (Å²) < 4.78 is 0. The topological polar surface area (TPSA) is 53.4 Å². The number of nitrogens with zero attached hydrogens (tertiary/aromatic N) is 2. The predicted molar refractivity (Wildman–Crippen MR) is 76.7 cm³/mol. The number of halogens is 1. The Labute approximate surface area is 118 Å². The summed E-state index contributed by atoms with van der Waals surface area (Å²) in [6.07, 6.45) is 1.08. The van der Waals surface area contributed by atoms with Crippen LogP contribution >= 0.6 is 11.6 Å². The van der Waals surface area contributed by atoms with Crippen molar-refractivity contribution in [2.75, 3.05) is 4.90 Å². The van der Waals surface area contributed by atoms with E-state index in [0.29, 0.717) is 22.8 Å². The molecule has 0 atom stereocenters. The first kappa shape index (κ1) is 15.3. The second-order valence-electron chi connectivity index (χ2n) is 4.97. The zero-order chi connectivity index (χ0) is 14.6. The third-order valence-corrected chi connectivity index (χ3v) is 2.56. The lowest BCUT2D eigenvalue weighted by atomic mass is 10.0. The number of amides is 1. The minimum absolute atomic E-state index is 0.295.